The Morgan fingerprint density at radius 2 is 2.31 bits per heavy atom. The molecule has 0 aliphatic carbocycles. The molecule has 2 fully saturated rings. The number of ether oxygens (including phenoxy) is 1. The van der Waals surface area contributed by atoms with Gasteiger partial charge in [0, 0.05) is 12.6 Å². The van der Waals surface area contributed by atoms with Gasteiger partial charge in [0.05, 0.1) is 13.1 Å². The molecule has 2 N–H and O–H groups in total. The minimum absolute atomic E-state index is 0.145. The normalized spacial score (nSPS) is 26.9. The molecule has 0 saturated carbocycles. The Bertz CT molecular complexity index is 295. The number of cyclic esters (lactones) is 1. The highest BCUT2D eigenvalue weighted by Crippen LogP contribution is 2.10. The second kappa shape index (κ2) is 4.80. The first-order valence-corrected chi connectivity index (χ1v) is 5.62. The molecule has 0 aromatic heterocycles. The molecule has 2 aliphatic rings. The van der Waals surface area contributed by atoms with E-state index in [1.807, 2.05) is 4.90 Å². The zero-order valence-electron chi connectivity index (χ0n) is 9.22. The predicted octanol–water partition coefficient (Wildman–Crippen LogP) is -0.612. The Morgan fingerprint density at radius 3 is 2.94 bits per heavy atom. The van der Waals surface area contributed by atoms with Gasteiger partial charge in [0.2, 0.25) is 5.91 Å². The van der Waals surface area contributed by atoms with E-state index in [1.54, 1.807) is 0 Å². The van der Waals surface area contributed by atoms with Crippen LogP contribution in [0.1, 0.15) is 12.8 Å². The largest absolute Gasteiger partial charge is 0.447 e. The molecule has 0 spiro atoms. The van der Waals surface area contributed by atoms with Crippen molar-refractivity contribution in [2.45, 2.75) is 18.9 Å². The summed E-state index contributed by atoms with van der Waals surface area (Å²) in [6.07, 6.45) is 1.50. The van der Waals surface area contributed by atoms with E-state index in [-0.39, 0.29) is 18.5 Å². The Morgan fingerprint density at radius 1 is 1.50 bits per heavy atom. The average molecular weight is 227 g/mol. The molecule has 0 radical (unpaired) electrons. The van der Waals surface area contributed by atoms with Crippen molar-refractivity contribution >= 4 is 12.0 Å². The summed E-state index contributed by atoms with van der Waals surface area (Å²) in [5, 5.41) is 0. The minimum Gasteiger partial charge on any atom is -0.447 e. The number of amides is 2. The van der Waals surface area contributed by atoms with Gasteiger partial charge in [0.25, 0.3) is 0 Å². The smallest absolute Gasteiger partial charge is 0.416 e. The molecule has 90 valence electrons. The van der Waals surface area contributed by atoms with Crippen LogP contribution in [0, 0.1) is 0 Å². The molecule has 2 heterocycles. The first-order chi connectivity index (χ1) is 7.66. The number of nitrogens with two attached hydrogens (primary N) is 1. The molecule has 2 amide bonds. The van der Waals surface area contributed by atoms with E-state index in [2.05, 4.69) is 0 Å². The predicted molar refractivity (Wildman–Crippen MR) is 56.7 cm³/mol. The zero-order valence-corrected chi connectivity index (χ0v) is 9.22. The fourth-order valence-corrected chi connectivity index (χ4v) is 2.13. The van der Waals surface area contributed by atoms with Crippen molar-refractivity contribution in [3.63, 3.8) is 0 Å². The summed E-state index contributed by atoms with van der Waals surface area (Å²) in [6.45, 7) is 2.56. The summed E-state index contributed by atoms with van der Waals surface area (Å²) in [6, 6.07) is 0.145. The van der Waals surface area contributed by atoms with Crippen molar-refractivity contribution in [2.75, 3.05) is 32.8 Å². The molecule has 0 unspecified atom stereocenters. The monoisotopic (exact) mass is 227 g/mol. The van der Waals surface area contributed by atoms with E-state index in [9.17, 15) is 9.59 Å². The van der Waals surface area contributed by atoms with Gasteiger partial charge in [-0.2, -0.15) is 0 Å². The third-order valence-electron chi connectivity index (χ3n) is 2.96. The number of carbonyl (C=O) groups excluding carboxylic acids is 2. The van der Waals surface area contributed by atoms with Crippen LogP contribution in [0.3, 0.4) is 0 Å². The van der Waals surface area contributed by atoms with Crippen LogP contribution in [0.25, 0.3) is 0 Å². The second-order valence-corrected chi connectivity index (χ2v) is 4.30. The maximum Gasteiger partial charge on any atom is 0.416 e. The van der Waals surface area contributed by atoms with Crippen LogP contribution < -0.4 is 5.73 Å². The summed E-state index contributed by atoms with van der Waals surface area (Å²) in [4.78, 5) is 26.1. The molecule has 6 heteroatoms. The van der Waals surface area contributed by atoms with Crippen molar-refractivity contribution in [1.82, 2.24) is 9.80 Å². The molecule has 0 bridgehead atoms. The maximum absolute atomic E-state index is 11.8. The highest BCUT2D eigenvalue weighted by Gasteiger charge is 2.30. The number of carbonyl (C=O) groups is 2. The molecule has 2 saturated heterocycles. The van der Waals surface area contributed by atoms with Crippen molar-refractivity contribution in [2.24, 2.45) is 5.73 Å². The first-order valence-electron chi connectivity index (χ1n) is 5.62. The van der Waals surface area contributed by atoms with Gasteiger partial charge < -0.3 is 10.5 Å². The summed E-state index contributed by atoms with van der Waals surface area (Å²) in [5.74, 6) is -0.184. The van der Waals surface area contributed by atoms with Gasteiger partial charge in [-0.3, -0.25) is 9.69 Å². The van der Waals surface area contributed by atoms with E-state index >= 15 is 0 Å². The van der Waals surface area contributed by atoms with Gasteiger partial charge in [0.15, 0.2) is 0 Å². The lowest BCUT2D eigenvalue weighted by atomic mass is 10.1. The van der Waals surface area contributed by atoms with Crippen LogP contribution in [0.15, 0.2) is 0 Å². The molecule has 6 nitrogen and oxygen atoms in total. The number of imide groups is 1. The fraction of sp³-hybridized carbons (Fsp3) is 0.800. The molecule has 2 aliphatic heterocycles. The topological polar surface area (TPSA) is 75.9 Å². The highest BCUT2D eigenvalue weighted by molar-refractivity contribution is 5.94. The number of nitrogens with zero attached hydrogens (tertiary/aromatic N) is 2. The maximum atomic E-state index is 11.8. The lowest BCUT2D eigenvalue weighted by molar-refractivity contribution is -0.129. The van der Waals surface area contributed by atoms with Crippen LogP contribution in [-0.4, -0.2) is 60.6 Å². The van der Waals surface area contributed by atoms with Crippen LogP contribution in [0.4, 0.5) is 4.79 Å². The zero-order chi connectivity index (χ0) is 11.5. The first kappa shape index (κ1) is 11.3. The third kappa shape index (κ3) is 2.51. The van der Waals surface area contributed by atoms with E-state index in [0.29, 0.717) is 13.2 Å². The van der Waals surface area contributed by atoms with Gasteiger partial charge in [-0.15, -0.1) is 0 Å². The molecule has 1 atom stereocenters. The molecule has 2 rings (SSSR count). The SMILES string of the molecule is N[C@@H]1CCCN(CC(=O)N2CCOC2=O)C1. The number of rotatable bonds is 2. The quantitative estimate of drug-likeness (QED) is 0.681. The van der Waals surface area contributed by atoms with Crippen molar-refractivity contribution in [3.8, 4) is 0 Å². The Kier molecular flexibility index (Phi) is 3.40. The van der Waals surface area contributed by atoms with Gasteiger partial charge in [-0.1, -0.05) is 0 Å². The standard InChI is InChI=1S/C10H17N3O3/c11-8-2-1-3-12(6-8)7-9(14)13-4-5-16-10(13)15/h8H,1-7,11H2/t8-/m1/s1. The minimum atomic E-state index is -0.522. The number of hydrogen-bond acceptors (Lipinski definition) is 5. The molecule has 16 heavy (non-hydrogen) atoms. The summed E-state index contributed by atoms with van der Waals surface area (Å²) < 4.78 is 4.72. The van der Waals surface area contributed by atoms with Crippen molar-refractivity contribution < 1.29 is 14.3 Å². The van der Waals surface area contributed by atoms with E-state index in [1.165, 1.54) is 4.90 Å². The number of hydrogen-bond donors (Lipinski definition) is 1. The molecular formula is C10H17N3O3. The van der Waals surface area contributed by atoms with Gasteiger partial charge in [0.1, 0.15) is 6.61 Å². The average Bonchev–Trinajstić information content (AvgIpc) is 2.64. The lowest BCUT2D eigenvalue weighted by Crippen LogP contribution is -2.48. The summed E-state index contributed by atoms with van der Waals surface area (Å²) >= 11 is 0. The Labute approximate surface area is 94.3 Å². The second-order valence-electron chi connectivity index (χ2n) is 4.30. The lowest BCUT2D eigenvalue weighted by Gasteiger charge is -2.30. The molecular weight excluding hydrogens is 210 g/mol. The highest BCUT2D eigenvalue weighted by atomic mass is 16.6. The van der Waals surface area contributed by atoms with Crippen LogP contribution in [-0.2, 0) is 9.53 Å². The Balaban J connectivity index is 1.84. The van der Waals surface area contributed by atoms with Gasteiger partial charge in [-0.05, 0) is 19.4 Å². The van der Waals surface area contributed by atoms with Gasteiger partial charge >= 0.3 is 6.09 Å². The fourth-order valence-electron chi connectivity index (χ4n) is 2.13. The van der Waals surface area contributed by atoms with Crippen LogP contribution >= 0.6 is 0 Å². The van der Waals surface area contributed by atoms with Crippen molar-refractivity contribution in [3.05, 3.63) is 0 Å². The number of piperidine rings is 1. The number of likely N-dealkylation sites (tertiary alicyclic amines) is 1. The Hall–Kier alpha value is -1.14. The van der Waals surface area contributed by atoms with E-state index in [0.717, 1.165) is 25.9 Å². The van der Waals surface area contributed by atoms with E-state index in [4.69, 9.17) is 10.5 Å². The van der Waals surface area contributed by atoms with Crippen LogP contribution in [0.5, 0.6) is 0 Å². The molecule has 0 aromatic rings. The summed E-state index contributed by atoms with van der Waals surface area (Å²) in [5.41, 5.74) is 5.82. The van der Waals surface area contributed by atoms with Crippen molar-refractivity contribution in [1.29, 1.82) is 0 Å². The van der Waals surface area contributed by atoms with Gasteiger partial charge in [-0.25, -0.2) is 9.69 Å². The van der Waals surface area contributed by atoms with Crippen LogP contribution in [0.2, 0.25) is 0 Å². The third-order valence-corrected chi connectivity index (χ3v) is 2.96. The summed E-state index contributed by atoms with van der Waals surface area (Å²) in [7, 11) is 0. The molecule has 0 aromatic carbocycles. The van der Waals surface area contributed by atoms with E-state index < -0.39 is 6.09 Å².